The lowest BCUT2D eigenvalue weighted by molar-refractivity contribution is 0.0931. The summed E-state index contributed by atoms with van der Waals surface area (Å²) in [4.78, 5) is 16.9. The largest absolute Gasteiger partial charge is 0.399 e. The normalized spacial score (nSPS) is 16.1. The van der Waals surface area contributed by atoms with Crippen LogP contribution in [-0.2, 0) is 13.0 Å². The molecule has 4 rings (SSSR count). The molecule has 1 amide bonds. The van der Waals surface area contributed by atoms with Gasteiger partial charge in [-0.25, -0.2) is 9.67 Å². The Morgan fingerprint density at radius 1 is 1.27 bits per heavy atom. The van der Waals surface area contributed by atoms with E-state index in [0.717, 1.165) is 30.5 Å². The van der Waals surface area contributed by atoms with Gasteiger partial charge in [-0.1, -0.05) is 24.3 Å². The van der Waals surface area contributed by atoms with E-state index < -0.39 is 0 Å². The fourth-order valence-electron chi connectivity index (χ4n) is 3.59. The number of nitrogens with two attached hydrogens (primary N) is 1. The van der Waals surface area contributed by atoms with Gasteiger partial charge >= 0.3 is 0 Å². The first-order chi connectivity index (χ1) is 12.7. The summed E-state index contributed by atoms with van der Waals surface area (Å²) in [5.74, 6) is -0.0598. The maximum atomic E-state index is 13.0. The summed E-state index contributed by atoms with van der Waals surface area (Å²) in [6.07, 6.45) is 6.13. The average molecular weight is 347 g/mol. The Kier molecular flexibility index (Phi) is 4.39. The van der Waals surface area contributed by atoms with E-state index in [1.807, 2.05) is 42.5 Å². The van der Waals surface area contributed by atoms with E-state index in [4.69, 9.17) is 5.73 Å². The Morgan fingerprint density at radius 3 is 3.00 bits per heavy atom. The molecule has 0 radical (unpaired) electrons. The van der Waals surface area contributed by atoms with Crippen LogP contribution in [0.3, 0.4) is 0 Å². The fraction of sp³-hybridized carbons (Fsp3) is 0.250. The van der Waals surface area contributed by atoms with Crippen LogP contribution in [0.15, 0.2) is 55.1 Å². The second-order valence-electron chi connectivity index (χ2n) is 6.63. The van der Waals surface area contributed by atoms with Gasteiger partial charge in [0.2, 0.25) is 0 Å². The molecule has 0 aliphatic heterocycles. The van der Waals surface area contributed by atoms with Gasteiger partial charge in [0, 0.05) is 11.3 Å². The average Bonchev–Trinajstić information content (AvgIpc) is 3.15. The van der Waals surface area contributed by atoms with Crippen LogP contribution in [0.1, 0.15) is 45.9 Å². The van der Waals surface area contributed by atoms with Gasteiger partial charge in [0.1, 0.15) is 12.7 Å². The van der Waals surface area contributed by atoms with Gasteiger partial charge in [-0.15, -0.1) is 0 Å². The predicted molar refractivity (Wildman–Crippen MR) is 99.6 cm³/mol. The van der Waals surface area contributed by atoms with Crippen molar-refractivity contribution < 1.29 is 4.79 Å². The monoisotopic (exact) mass is 347 g/mol. The molecular weight excluding hydrogens is 326 g/mol. The van der Waals surface area contributed by atoms with E-state index in [-0.39, 0.29) is 11.9 Å². The number of nitrogens with one attached hydrogen (secondary N) is 1. The second kappa shape index (κ2) is 7.00. The van der Waals surface area contributed by atoms with Crippen LogP contribution >= 0.6 is 0 Å². The van der Waals surface area contributed by atoms with Crippen LogP contribution in [0.5, 0.6) is 0 Å². The molecule has 3 N–H and O–H groups in total. The van der Waals surface area contributed by atoms with E-state index in [2.05, 4.69) is 15.4 Å². The standard InChI is InChI=1S/C20H21N5O/c21-16-8-9-17-14(10-16)5-3-7-19(17)24-20(26)18-6-2-1-4-15(18)11-25-13-22-12-23-25/h1-2,4,6,8-10,12-13,19H,3,5,7,11,21H2,(H,24,26). The summed E-state index contributed by atoms with van der Waals surface area (Å²) in [5.41, 5.74) is 10.7. The first-order valence-corrected chi connectivity index (χ1v) is 8.80. The first kappa shape index (κ1) is 16.3. The van der Waals surface area contributed by atoms with Crippen molar-refractivity contribution in [2.75, 3.05) is 5.73 Å². The molecule has 1 unspecified atom stereocenters. The molecule has 0 fully saturated rings. The topological polar surface area (TPSA) is 85.8 Å². The van der Waals surface area contributed by atoms with E-state index in [1.54, 1.807) is 11.0 Å². The Morgan fingerprint density at radius 2 is 2.15 bits per heavy atom. The van der Waals surface area contributed by atoms with Gasteiger partial charge in [0.05, 0.1) is 12.6 Å². The number of benzene rings is 2. The highest BCUT2D eigenvalue weighted by Crippen LogP contribution is 2.31. The number of aryl methyl sites for hydroxylation is 1. The highest BCUT2D eigenvalue weighted by atomic mass is 16.1. The minimum absolute atomic E-state index is 0.0197. The maximum absolute atomic E-state index is 13.0. The first-order valence-electron chi connectivity index (χ1n) is 8.80. The van der Waals surface area contributed by atoms with Crippen molar-refractivity contribution in [3.8, 4) is 0 Å². The Hall–Kier alpha value is -3.15. The van der Waals surface area contributed by atoms with Crippen LogP contribution in [0.2, 0.25) is 0 Å². The quantitative estimate of drug-likeness (QED) is 0.711. The van der Waals surface area contributed by atoms with Crippen molar-refractivity contribution in [2.45, 2.75) is 31.8 Å². The van der Waals surface area contributed by atoms with E-state index >= 15 is 0 Å². The number of hydrogen-bond donors (Lipinski definition) is 2. The molecule has 1 aliphatic carbocycles. The minimum Gasteiger partial charge on any atom is -0.399 e. The molecule has 132 valence electrons. The smallest absolute Gasteiger partial charge is 0.252 e. The van der Waals surface area contributed by atoms with Crippen molar-refractivity contribution in [3.05, 3.63) is 77.4 Å². The molecule has 1 aromatic heterocycles. The Balaban J connectivity index is 1.57. The third-order valence-corrected chi connectivity index (χ3v) is 4.85. The van der Waals surface area contributed by atoms with Crippen molar-refractivity contribution in [1.82, 2.24) is 20.1 Å². The number of carbonyl (C=O) groups excluding carboxylic acids is 1. The molecular formula is C20H21N5O. The van der Waals surface area contributed by atoms with E-state index in [1.165, 1.54) is 17.5 Å². The third kappa shape index (κ3) is 3.31. The lowest BCUT2D eigenvalue weighted by atomic mass is 9.87. The van der Waals surface area contributed by atoms with Crippen LogP contribution in [0.4, 0.5) is 5.69 Å². The lowest BCUT2D eigenvalue weighted by Crippen LogP contribution is -2.31. The van der Waals surface area contributed by atoms with Gasteiger partial charge in [-0.05, 0) is 54.2 Å². The summed E-state index contributed by atoms with van der Waals surface area (Å²) < 4.78 is 1.71. The fourth-order valence-corrected chi connectivity index (χ4v) is 3.59. The third-order valence-electron chi connectivity index (χ3n) is 4.85. The zero-order chi connectivity index (χ0) is 17.9. The van der Waals surface area contributed by atoms with Crippen LogP contribution in [-0.4, -0.2) is 20.7 Å². The van der Waals surface area contributed by atoms with Crippen LogP contribution in [0.25, 0.3) is 0 Å². The Labute approximate surface area is 152 Å². The summed E-state index contributed by atoms with van der Waals surface area (Å²) in [6.45, 7) is 0.515. The number of rotatable bonds is 4. The molecule has 3 aromatic rings. The van der Waals surface area contributed by atoms with Crippen LogP contribution in [0, 0.1) is 0 Å². The molecule has 6 heteroatoms. The SMILES string of the molecule is Nc1ccc2c(c1)CCCC2NC(=O)c1ccccc1Cn1cncn1. The Bertz CT molecular complexity index is 920. The molecule has 2 aromatic carbocycles. The highest BCUT2D eigenvalue weighted by molar-refractivity contribution is 5.96. The number of hydrogen-bond acceptors (Lipinski definition) is 4. The molecule has 0 saturated carbocycles. The number of fused-ring (bicyclic) bond motifs is 1. The van der Waals surface area contributed by atoms with E-state index in [0.29, 0.717) is 12.1 Å². The lowest BCUT2D eigenvalue weighted by Gasteiger charge is -2.27. The summed E-state index contributed by atoms with van der Waals surface area (Å²) >= 11 is 0. The van der Waals surface area contributed by atoms with Gasteiger partial charge in [-0.3, -0.25) is 4.79 Å². The van der Waals surface area contributed by atoms with Crippen molar-refractivity contribution in [3.63, 3.8) is 0 Å². The zero-order valence-corrected chi connectivity index (χ0v) is 14.4. The van der Waals surface area contributed by atoms with Crippen molar-refractivity contribution >= 4 is 11.6 Å². The highest BCUT2D eigenvalue weighted by Gasteiger charge is 2.23. The number of carbonyl (C=O) groups is 1. The number of nitrogens with zero attached hydrogens (tertiary/aromatic N) is 3. The zero-order valence-electron chi connectivity index (χ0n) is 14.4. The second-order valence-corrected chi connectivity index (χ2v) is 6.63. The molecule has 0 spiro atoms. The molecule has 26 heavy (non-hydrogen) atoms. The number of aromatic nitrogens is 3. The van der Waals surface area contributed by atoms with Crippen LogP contribution < -0.4 is 11.1 Å². The van der Waals surface area contributed by atoms with Gasteiger partial charge < -0.3 is 11.1 Å². The maximum Gasteiger partial charge on any atom is 0.252 e. The minimum atomic E-state index is -0.0598. The molecule has 0 bridgehead atoms. The summed E-state index contributed by atoms with van der Waals surface area (Å²) in [5, 5.41) is 7.33. The number of anilines is 1. The van der Waals surface area contributed by atoms with Crippen molar-refractivity contribution in [1.29, 1.82) is 0 Å². The molecule has 0 saturated heterocycles. The number of nitrogen functional groups attached to an aromatic ring is 1. The van der Waals surface area contributed by atoms with Gasteiger partial charge in [-0.2, -0.15) is 5.10 Å². The van der Waals surface area contributed by atoms with Crippen molar-refractivity contribution in [2.24, 2.45) is 0 Å². The number of amides is 1. The summed E-state index contributed by atoms with van der Waals surface area (Å²) in [7, 11) is 0. The van der Waals surface area contributed by atoms with Gasteiger partial charge in [0.15, 0.2) is 0 Å². The molecule has 1 aliphatic rings. The molecule has 1 heterocycles. The van der Waals surface area contributed by atoms with Gasteiger partial charge in [0.25, 0.3) is 5.91 Å². The summed E-state index contributed by atoms with van der Waals surface area (Å²) in [6, 6.07) is 13.6. The van der Waals surface area contributed by atoms with E-state index in [9.17, 15) is 4.79 Å². The molecule has 6 nitrogen and oxygen atoms in total. The molecule has 1 atom stereocenters. The predicted octanol–water partition coefficient (Wildman–Crippen LogP) is 2.72.